The van der Waals surface area contributed by atoms with Crippen LogP contribution in [0.3, 0.4) is 0 Å². The van der Waals surface area contributed by atoms with Crippen LogP contribution in [0.5, 0.6) is 0 Å². The molecule has 0 aliphatic carbocycles. The Balaban J connectivity index is 1.63. The third-order valence-electron chi connectivity index (χ3n) is 4.40. The van der Waals surface area contributed by atoms with Crippen molar-refractivity contribution in [3.05, 3.63) is 90.5 Å². The molecule has 2 N–H and O–H groups in total. The van der Waals surface area contributed by atoms with Crippen molar-refractivity contribution in [1.82, 2.24) is 0 Å². The lowest BCUT2D eigenvalue weighted by Crippen LogP contribution is -2.31. The molecule has 0 spiro atoms. The van der Waals surface area contributed by atoms with Gasteiger partial charge >= 0.3 is 0 Å². The number of benzene rings is 3. The smallest absolute Gasteiger partial charge is 0.229 e. The maximum atomic E-state index is 13.0. The number of para-hydroxylation sites is 1. The Morgan fingerprint density at radius 1 is 0.828 bits per heavy atom. The molecule has 0 saturated heterocycles. The molecule has 3 rings (SSSR count). The minimum absolute atomic E-state index is 0.0468. The molecule has 0 aliphatic rings. The van der Waals surface area contributed by atoms with E-state index in [-0.39, 0.29) is 11.8 Å². The minimum Gasteiger partial charge on any atom is -0.384 e. The standard InChI is InChI=1S/C24H25N3O2/c1-19(28)26-22-12-8-11-21(17-22)25-16-15-24(29)27(23-13-6-3-7-14-23)18-20-9-4-2-5-10-20/h2-14,17,25H,15-16,18H2,1H3,(H,26,28). The third kappa shape index (κ3) is 6.21. The third-order valence-corrected chi connectivity index (χ3v) is 4.40. The predicted molar refractivity (Wildman–Crippen MR) is 118 cm³/mol. The lowest BCUT2D eigenvalue weighted by Gasteiger charge is -2.23. The van der Waals surface area contributed by atoms with Gasteiger partial charge in [0.15, 0.2) is 0 Å². The first kappa shape index (κ1) is 20.1. The van der Waals surface area contributed by atoms with E-state index in [0.717, 1.165) is 22.6 Å². The number of nitrogens with one attached hydrogen (secondary N) is 2. The first-order chi connectivity index (χ1) is 14.1. The molecule has 2 amide bonds. The largest absolute Gasteiger partial charge is 0.384 e. The van der Waals surface area contributed by atoms with E-state index in [1.165, 1.54) is 6.92 Å². The highest BCUT2D eigenvalue weighted by molar-refractivity contribution is 5.93. The number of rotatable bonds is 8. The summed E-state index contributed by atoms with van der Waals surface area (Å²) in [6.07, 6.45) is 0.353. The van der Waals surface area contributed by atoms with Crippen molar-refractivity contribution in [1.29, 1.82) is 0 Å². The molecule has 0 atom stereocenters. The summed E-state index contributed by atoms with van der Waals surface area (Å²) in [6.45, 7) is 2.51. The summed E-state index contributed by atoms with van der Waals surface area (Å²) >= 11 is 0. The summed E-state index contributed by atoms with van der Waals surface area (Å²) < 4.78 is 0. The van der Waals surface area contributed by atoms with E-state index in [2.05, 4.69) is 10.6 Å². The molecule has 3 aromatic carbocycles. The van der Waals surface area contributed by atoms with Gasteiger partial charge in [0.25, 0.3) is 0 Å². The zero-order valence-electron chi connectivity index (χ0n) is 16.5. The number of amides is 2. The van der Waals surface area contributed by atoms with Crippen molar-refractivity contribution in [3.63, 3.8) is 0 Å². The van der Waals surface area contributed by atoms with Crippen molar-refractivity contribution in [2.24, 2.45) is 0 Å². The van der Waals surface area contributed by atoms with Crippen LogP contribution in [-0.2, 0) is 16.1 Å². The van der Waals surface area contributed by atoms with E-state index in [9.17, 15) is 9.59 Å². The average molecular weight is 387 g/mol. The maximum Gasteiger partial charge on any atom is 0.229 e. The number of carbonyl (C=O) groups is 2. The molecule has 0 aliphatic heterocycles. The second-order valence-electron chi connectivity index (χ2n) is 6.74. The summed E-state index contributed by atoms with van der Waals surface area (Å²) in [7, 11) is 0. The van der Waals surface area contributed by atoms with E-state index in [1.54, 1.807) is 0 Å². The monoisotopic (exact) mass is 387 g/mol. The predicted octanol–water partition coefficient (Wildman–Crippen LogP) is 4.68. The Hall–Kier alpha value is -3.60. The van der Waals surface area contributed by atoms with Crippen LogP contribution in [0.4, 0.5) is 17.1 Å². The highest BCUT2D eigenvalue weighted by Gasteiger charge is 2.15. The Bertz CT molecular complexity index is 943. The van der Waals surface area contributed by atoms with Crippen LogP contribution in [0.1, 0.15) is 18.9 Å². The first-order valence-electron chi connectivity index (χ1n) is 9.63. The summed E-state index contributed by atoms with van der Waals surface area (Å²) in [6, 6.07) is 27.1. The van der Waals surface area contributed by atoms with Gasteiger partial charge in [0.1, 0.15) is 0 Å². The van der Waals surface area contributed by atoms with Crippen LogP contribution in [0.2, 0.25) is 0 Å². The number of anilines is 3. The van der Waals surface area contributed by atoms with E-state index in [1.807, 2.05) is 89.8 Å². The van der Waals surface area contributed by atoms with Gasteiger partial charge in [-0.2, -0.15) is 0 Å². The molecular weight excluding hydrogens is 362 g/mol. The Morgan fingerprint density at radius 2 is 1.48 bits per heavy atom. The van der Waals surface area contributed by atoms with Gasteiger partial charge in [0, 0.05) is 37.0 Å². The average Bonchev–Trinajstić information content (AvgIpc) is 2.73. The van der Waals surface area contributed by atoms with Gasteiger partial charge in [-0.3, -0.25) is 9.59 Å². The molecule has 0 saturated carbocycles. The normalized spacial score (nSPS) is 10.2. The van der Waals surface area contributed by atoms with Crippen LogP contribution in [0.25, 0.3) is 0 Å². The topological polar surface area (TPSA) is 61.4 Å². The molecule has 148 valence electrons. The number of carbonyl (C=O) groups excluding carboxylic acids is 2. The lowest BCUT2D eigenvalue weighted by atomic mass is 10.2. The molecule has 29 heavy (non-hydrogen) atoms. The lowest BCUT2D eigenvalue weighted by molar-refractivity contribution is -0.118. The first-order valence-corrected chi connectivity index (χ1v) is 9.63. The zero-order valence-corrected chi connectivity index (χ0v) is 16.5. The summed E-state index contributed by atoms with van der Waals surface area (Å²) in [5.74, 6) is -0.0673. The molecular formula is C24H25N3O2. The molecule has 0 unspecified atom stereocenters. The molecule has 5 heteroatoms. The van der Waals surface area contributed by atoms with Crippen LogP contribution < -0.4 is 15.5 Å². The highest BCUT2D eigenvalue weighted by atomic mass is 16.2. The van der Waals surface area contributed by atoms with E-state index in [0.29, 0.717) is 19.5 Å². The Kier molecular flexibility index (Phi) is 7.00. The highest BCUT2D eigenvalue weighted by Crippen LogP contribution is 2.19. The van der Waals surface area contributed by atoms with E-state index >= 15 is 0 Å². The van der Waals surface area contributed by atoms with Crippen molar-refractivity contribution in [2.75, 3.05) is 22.1 Å². The van der Waals surface area contributed by atoms with Gasteiger partial charge in [-0.15, -0.1) is 0 Å². The molecule has 0 radical (unpaired) electrons. The van der Waals surface area contributed by atoms with Crippen molar-refractivity contribution in [3.8, 4) is 0 Å². The van der Waals surface area contributed by atoms with Gasteiger partial charge < -0.3 is 15.5 Å². The minimum atomic E-state index is -0.114. The van der Waals surface area contributed by atoms with E-state index < -0.39 is 0 Å². The Morgan fingerprint density at radius 3 is 2.17 bits per heavy atom. The van der Waals surface area contributed by atoms with Gasteiger partial charge in [0.05, 0.1) is 6.54 Å². The van der Waals surface area contributed by atoms with Gasteiger partial charge in [-0.05, 0) is 35.9 Å². The maximum absolute atomic E-state index is 13.0. The molecule has 0 fully saturated rings. The van der Waals surface area contributed by atoms with Gasteiger partial charge in [-0.1, -0.05) is 54.6 Å². The molecule has 5 nitrogen and oxygen atoms in total. The SMILES string of the molecule is CC(=O)Nc1cccc(NCCC(=O)N(Cc2ccccc2)c2ccccc2)c1. The zero-order chi connectivity index (χ0) is 20.5. The summed E-state index contributed by atoms with van der Waals surface area (Å²) in [5, 5.41) is 6.02. The molecule has 0 aromatic heterocycles. The summed E-state index contributed by atoms with van der Waals surface area (Å²) in [4.78, 5) is 26.0. The fourth-order valence-electron chi connectivity index (χ4n) is 3.06. The molecule has 3 aromatic rings. The second-order valence-corrected chi connectivity index (χ2v) is 6.74. The number of hydrogen-bond donors (Lipinski definition) is 2. The molecule has 0 heterocycles. The number of hydrogen-bond acceptors (Lipinski definition) is 3. The van der Waals surface area contributed by atoms with Crippen molar-refractivity contribution in [2.45, 2.75) is 19.9 Å². The quantitative estimate of drug-likeness (QED) is 0.590. The van der Waals surface area contributed by atoms with Gasteiger partial charge in [0.2, 0.25) is 11.8 Å². The van der Waals surface area contributed by atoms with Gasteiger partial charge in [-0.25, -0.2) is 0 Å². The number of nitrogens with zero attached hydrogens (tertiary/aromatic N) is 1. The van der Waals surface area contributed by atoms with Crippen LogP contribution in [-0.4, -0.2) is 18.4 Å². The fraction of sp³-hybridized carbons (Fsp3) is 0.167. The summed E-state index contributed by atoms with van der Waals surface area (Å²) in [5.41, 5.74) is 3.55. The van der Waals surface area contributed by atoms with E-state index in [4.69, 9.17) is 0 Å². The van der Waals surface area contributed by atoms with Crippen LogP contribution in [0.15, 0.2) is 84.9 Å². The van der Waals surface area contributed by atoms with Crippen LogP contribution in [0, 0.1) is 0 Å². The molecule has 0 bridgehead atoms. The second kappa shape index (κ2) is 10.1. The Labute approximate surface area is 171 Å². The fourth-order valence-corrected chi connectivity index (χ4v) is 3.06. The van der Waals surface area contributed by atoms with Crippen molar-refractivity contribution >= 4 is 28.9 Å². The van der Waals surface area contributed by atoms with Crippen LogP contribution >= 0.6 is 0 Å². The van der Waals surface area contributed by atoms with Crippen molar-refractivity contribution < 1.29 is 9.59 Å².